The molecule has 0 aliphatic carbocycles. The molecule has 0 spiro atoms. The first-order valence-electron chi connectivity index (χ1n) is 10.2. The van der Waals surface area contributed by atoms with Crippen LogP contribution < -0.4 is 14.2 Å². The van der Waals surface area contributed by atoms with Crippen molar-refractivity contribution in [3.05, 3.63) is 54.1 Å². The van der Waals surface area contributed by atoms with E-state index in [0.29, 0.717) is 5.75 Å². The molecule has 2 aromatic rings. The Labute approximate surface area is 191 Å². The number of amides is 1. The number of nitrogens with zero attached hydrogens (tertiary/aromatic N) is 2. The maximum Gasteiger partial charge on any atom is 0.414 e. The van der Waals surface area contributed by atoms with Crippen molar-refractivity contribution in [1.82, 2.24) is 9.80 Å². The van der Waals surface area contributed by atoms with Crippen LogP contribution in [-0.4, -0.2) is 84.9 Å². The van der Waals surface area contributed by atoms with Crippen LogP contribution in [0.25, 0.3) is 0 Å². The third-order valence-corrected chi connectivity index (χ3v) is 4.89. The molecule has 0 radical (unpaired) electrons. The minimum atomic E-state index is -1.82. The number of rotatable bonds is 7. The lowest BCUT2D eigenvalue weighted by Gasteiger charge is -2.34. The van der Waals surface area contributed by atoms with Gasteiger partial charge in [-0.2, -0.15) is 0 Å². The second-order valence-corrected chi connectivity index (χ2v) is 7.08. The summed E-state index contributed by atoms with van der Waals surface area (Å²) in [7, 11) is 3.29. The van der Waals surface area contributed by atoms with Gasteiger partial charge < -0.3 is 29.3 Å². The normalized spacial score (nSPS) is 13.3. The Balaban J connectivity index is 0.000000569. The van der Waals surface area contributed by atoms with Crippen LogP contribution in [0.2, 0.25) is 0 Å². The van der Waals surface area contributed by atoms with E-state index in [9.17, 15) is 4.79 Å². The van der Waals surface area contributed by atoms with Gasteiger partial charge in [0.15, 0.2) is 6.61 Å². The highest BCUT2D eigenvalue weighted by atomic mass is 16.5. The van der Waals surface area contributed by atoms with E-state index in [0.717, 1.165) is 44.2 Å². The molecule has 2 aromatic carbocycles. The minimum absolute atomic E-state index is 0.0231. The number of carboxylic acids is 2. The SMILES string of the molecule is COc1ccc(CN2CCN(C(=O)COc3ccc(OC)cc3)CC2)cc1.O=C(O)C(=O)O. The molecule has 1 saturated heterocycles. The van der Waals surface area contributed by atoms with E-state index in [2.05, 4.69) is 17.0 Å². The average molecular weight is 460 g/mol. The molecule has 0 aromatic heterocycles. The summed E-state index contributed by atoms with van der Waals surface area (Å²) >= 11 is 0. The van der Waals surface area contributed by atoms with Crippen LogP contribution in [0.3, 0.4) is 0 Å². The van der Waals surface area contributed by atoms with Crippen LogP contribution in [0, 0.1) is 0 Å². The molecular weight excluding hydrogens is 432 g/mol. The van der Waals surface area contributed by atoms with Crippen LogP contribution in [0.4, 0.5) is 0 Å². The lowest BCUT2D eigenvalue weighted by Crippen LogP contribution is -2.49. The van der Waals surface area contributed by atoms with Gasteiger partial charge in [0.25, 0.3) is 5.91 Å². The monoisotopic (exact) mass is 460 g/mol. The largest absolute Gasteiger partial charge is 0.497 e. The van der Waals surface area contributed by atoms with Gasteiger partial charge in [-0.05, 0) is 42.0 Å². The van der Waals surface area contributed by atoms with E-state index in [1.807, 2.05) is 29.2 Å². The molecule has 1 amide bonds. The number of carbonyl (C=O) groups excluding carboxylic acids is 1. The molecule has 2 N–H and O–H groups in total. The maximum absolute atomic E-state index is 12.4. The molecule has 10 heteroatoms. The Kier molecular flexibility index (Phi) is 9.97. The van der Waals surface area contributed by atoms with Crippen molar-refractivity contribution >= 4 is 17.8 Å². The summed E-state index contributed by atoms with van der Waals surface area (Å²) in [5.74, 6) is -1.32. The molecule has 1 fully saturated rings. The van der Waals surface area contributed by atoms with Gasteiger partial charge in [0.2, 0.25) is 0 Å². The Morgan fingerprint density at radius 3 is 1.67 bits per heavy atom. The zero-order valence-electron chi connectivity index (χ0n) is 18.6. The second kappa shape index (κ2) is 12.9. The topological polar surface area (TPSA) is 126 Å². The zero-order chi connectivity index (χ0) is 24.2. The second-order valence-electron chi connectivity index (χ2n) is 7.08. The Morgan fingerprint density at radius 2 is 1.21 bits per heavy atom. The first-order chi connectivity index (χ1) is 15.8. The number of carbonyl (C=O) groups is 3. The van der Waals surface area contributed by atoms with Crippen LogP contribution in [0.1, 0.15) is 5.56 Å². The average Bonchev–Trinajstić information content (AvgIpc) is 2.84. The van der Waals surface area contributed by atoms with E-state index in [4.69, 9.17) is 34.0 Å². The van der Waals surface area contributed by atoms with Crippen LogP contribution >= 0.6 is 0 Å². The smallest absolute Gasteiger partial charge is 0.414 e. The molecule has 0 saturated carbocycles. The fourth-order valence-electron chi connectivity index (χ4n) is 3.05. The zero-order valence-corrected chi connectivity index (χ0v) is 18.6. The standard InChI is InChI=1S/C21H26N2O4.C2H2O4/c1-25-18-5-3-17(4-6-18)15-22-11-13-23(14-12-22)21(24)16-27-20-9-7-19(26-2)8-10-20;3-1(4)2(5)6/h3-10H,11-16H2,1-2H3;(H,3,4)(H,5,6). The van der Waals surface area contributed by atoms with Crippen molar-refractivity contribution < 1.29 is 38.8 Å². The van der Waals surface area contributed by atoms with E-state index in [1.165, 1.54) is 5.56 Å². The lowest BCUT2D eigenvalue weighted by molar-refractivity contribution is -0.159. The summed E-state index contributed by atoms with van der Waals surface area (Å²) < 4.78 is 15.9. The summed E-state index contributed by atoms with van der Waals surface area (Å²) in [6.07, 6.45) is 0. The Morgan fingerprint density at radius 1 is 0.758 bits per heavy atom. The number of piperazine rings is 1. The highest BCUT2D eigenvalue weighted by molar-refractivity contribution is 6.27. The molecular formula is C23H28N2O8. The molecule has 10 nitrogen and oxygen atoms in total. The molecule has 0 bridgehead atoms. The van der Waals surface area contributed by atoms with Crippen molar-refractivity contribution in [3.8, 4) is 17.2 Å². The first-order valence-corrected chi connectivity index (χ1v) is 10.2. The van der Waals surface area contributed by atoms with E-state index in [1.54, 1.807) is 26.4 Å². The van der Waals surface area contributed by atoms with Crippen molar-refractivity contribution in [3.63, 3.8) is 0 Å². The van der Waals surface area contributed by atoms with Gasteiger partial charge in [-0.1, -0.05) is 12.1 Å². The van der Waals surface area contributed by atoms with Gasteiger partial charge in [0, 0.05) is 32.7 Å². The van der Waals surface area contributed by atoms with Gasteiger partial charge in [0.05, 0.1) is 14.2 Å². The number of ether oxygens (including phenoxy) is 3. The van der Waals surface area contributed by atoms with Crippen LogP contribution in [0.5, 0.6) is 17.2 Å². The highest BCUT2D eigenvalue weighted by Crippen LogP contribution is 2.17. The van der Waals surface area contributed by atoms with Gasteiger partial charge in [0.1, 0.15) is 17.2 Å². The third kappa shape index (κ3) is 8.69. The summed E-state index contributed by atoms with van der Waals surface area (Å²) in [4.78, 5) is 34.8. The summed E-state index contributed by atoms with van der Waals surface area (Å²) in [6, 6.07) is 15.4. The highest BCUT2D eigenvalue weighted by Gasteiger charge is 2.21. The van der Waals surface area contributed by atoms with E-state index in [-0.39, 0.29) is 12.5 Å². The fraction of sp³-hybridized carbons (Fsp3) is 0.348. The number of hydrogen-bond acceptors (Lipinski definition) is 7. The maximum atomic E-state index is 12.4. The quantitative estimate of drug-likeness (QED) is 0.592. The number of carboxylic acid groups (broad SMARTS) is 2. The summed E-state index contributed by atoms with van der Waals surface area (Å²) in [5.41, 5.74) is 1.25. The lowest BCUT2D eigenvalue weighted by atomic mass is 10.2. The van der Waals surface area contributed by atoms with Gasteiger partial charge in [-0.25, -0.2) is 9.59 Å². The number of methoxy groups -OCH3 is 2. The summed E-state index contributed by atoms with van der Waals surface area (Å²) in [6.45, 7) is 4.11. The third-order valence-electron chi connectivity index (χ3n) is 4.89. The number of hydrogen-bond donors (Lipinski definition) is 2. The number of aliphatic carboxylic acids is 2. The summed E-state index contributed by atoms with van der Waals surface area (Å²) in [5, 5.41) is 14.8. The molecule has 33 heavy (non-hydrogen) atoms. The predicted octanol–water partition coefficient (Wildman–Crippen LogP) is 1.58. The van der Waals surface area contributed by atoms with Crippen molar-refractivity contribution in [2.45, 2.75) is 6.54 Å². The van der Waals surface area contributed by atoms with Crippen molar-refractivity contribution in [2.75, 3.05) is 47.0 Å². The number of benzene rings is 2. The minimum Gasteiger partial charge on any atom is -0.497 e. The van der Waals surface area contributed by atoms with Gasteiger partial charge >= 0.3 is 11.9 Å². The first kappa shape index (κ1) is 25.5. The van der Waals surface area contributed by atoms with E-state index >= 15 is 0 Å². The van der Waals surface area contributed by atoms with Crippen molar-refractivity contribution in [1.29, 1.82) is 0 Å². The molecule has 1 heterocycles. The van der Waals surface area contributed by atoms with Crippen LogP contribution in [-0.2, 0) is 20.9 Å². The predicted molar refractivity (Wildman–Crippen MR) is 119 cm³/mol. The Hall–Kier alpha value is -3.79. The molecule has 0 unspecified atom stereocenters. The van der Waals surface area contributed by atoms with Crippen LogP contribution in [0.15, 0.2) is 48.5 Å². The Bertz CT molecular complexity index is 895. The van der Waals surface area contributed by atoms with Crippen molar-refractivity contribution in [2.24, 2.45) is 0 Å². The fourth-order valence-corrected chi connectivity index (χ4v) is 3.05. The van der Waals surface area contributed by atoms with Gasteiger partial charge in [-0.3, -0.25) is 9.69 Å². The molecule has 178 valence electrons. The molecule has 1 aliphatic heterocycles. The molecule has 3 rings (SSSR count). The molecule has 0 atom stereocenters. The molecule has 1 aliphatic rings. The van der Waals surface area contributed by atoms with E-state index < -0.39 is 11.9 Å². The van der Waals surface area contributed by atoms with Gasteiger partial charge in [-0.15, -0.1) is 0 Å².